The van der Waals surface area contributed by atoms with Gasteiger partial charge in [0.25, 0.3) is 0 Å². The predicted octanol–water partition coefficient (Wildman–Crippen LogP) is 4.38. The number of benzene rings is 1. The van der Waals surface area contributed by atoms with E-state index in [9.17, 15) is 0 Å². The molecule has 0 saturated heterocycles. The molecule has 0 aliphatic heterocycles. The molecule has 0 unspecified atom stereocenters. The molecule has 1 aromatic heterocycles. The summed E-state index contributed by atoms with van der Waals surface area (Å²) in [6.45, 7) is 4.00. The van der Waals surface area contributed by atoms with Crippen molar-refractivity contribution in [3.8, 4) is 17.6 Å². The van der Waals surface area contributed by atoms with Crippen LogP contribution in [0.15, 0.2) is 34.8 Å². The molecule has 96 valence electrons. The van der Waals surface area contributed by atoms with Crippen molar-refractivity contribution in [3.63, 3.8) is 0 Å². The van der Waals surface area contributed by atoms with Crippen LogP contribution in [0.5, 0.6) is 11.5 Å². The Hall–Kier alpha value is -1.86. The highest BCUT2D eigenvalue weighted by molar-refractivity contribution is 9.10. The Kier molecular flexibility index (Phi) is 4.18. The van der Waals surface area contributed by atoms with E-state index >= 15 is 0 Å². The van der Waals surface area contributed by atoms with E-state index in [0.29, 0.717) is 11.3 Å². The molecule has 0 spiro atoms. The van der Waals surface area contributed by atoms with Crippen LogP contribution in [0.25, 0.3) is 0 Å². The summed E-state index contributed by atoms with van der Waals surface area (Å²) in [6, 6.07) is 11.2. The molecule has 1 aromatic carbocycles. The molecule has 0 amide bonds. The van der Waals surface area contributed by atoms with Crippen molar-refractivity contribution in [2.24, 2.45) is 0 Å². The van der Waals surface area contributed by atoms with Gasteiger partial charge >= 0.3 is 0 Å². The zero-order valence-electron chi connectivity index (χ0n) is 10.8. The van der Waals surface area contributed by atoms with Gasteiger partial charge in [0.15, 0.2) is 0 Å². The van der Waals surface area contributed by atoms with Crippen LogP contribution in [0.1, 0.15) is 23.9 Å². The molecule has 3 nitrogen and oxygen atoms in total. The van der Waals surface area contributed by atoms with E-state index in [0.717, 1.165) is 28.0 Å². The molecule has 2 aromatic rings. The minimum atomic E-state index is 0.594. The summed E-state index contributed by atoms with van der Waals surface area (Å²) >= 11 is 3.41. The minimum Gasteiger partial charge on any atom is -0.454 e. The molecular weight excluding hydrogens is 304 g/mol. The number of halogens is 1. The lowest BCUT2D eigenvalue weighted by atomic mass is 10.2. The highest BCUT2D eigenvalue weighted by Crippen LogP contribution is 2.31. The summed E-state index contributed by atoms with van der Waals surface area (Å²) in [5.74, 6) is 1.43. The number of hydrogen-bond acceptors (Lipinski definition) is 3. The lowest BCUT2D eigenvalue weighted by molar-refractivity contribution is 0.470. The smallest absolute Gasteiger partial charge is 0.148 e. The normalized spacial score (nSPS) is 10.0. The number of hydrogen-bond donors (Lipinski definition) is 0. The summed E-state index contributed by atoms with van der Waals surface area (Å²) in [5.41, 5.74) is 2.50. The van der Waals surface area contributed by atoms with Gasteiger partial charge in [-0.1, -0.05) is 6.92 Å². The van der Waals surface area contributed by atoms with Crippen LogP contribution >= 0.6 is 15.9 Å². The molecule has 2 rings (SSSR count). The number of nitriles is 1. The van der Waals surface area contributed by atoms with Gasteiger partial charge in [0.1, 0.15) is 11.5 Å². The molecule has 1 heterocycles. The van der Waals surface area contributed by atoms with Gasteiger partial charge in [-0.3, -0.25) is 4.98 Å². The molecule has 0 N–H and O–H groups in total. The summed E-state index contributed by atoms with van der Waals surface area (Å²) in [6.07, 6.45) is 0.810. The van der Waals surface area contributed by atoms with Gasteiger partial charge < -0.3 is 4.74 Å². The van der Waals surface area contributed by atoms with Crippen molar-refractivity contribution in [2.45, 2.75) is 20.3 Å². The third-order valence-electron chi connectivity index (χ3n) is 2.69. The fourth-order valence-electron chi connectivity index (χ4n) is 1.72. The van der Waals surface area contributed by atoms with Crippen molar-refractivity contribution in [3.05, 3.63) is 51.8 Å². The second kappa shape index (κ2) is 5.85. The second-order valence-corrected chi connectivity index (χ2v) is 4.96. The third-order valence-corrected chi connectivity index (χ3v) is 3.31. The number of nitrogens with zero attached hydrogens (tertiary/aromatic N) is 2. The fraction of sp³-hybridized carbons (Fsp3) is 0.200. The Morgan fingerprint density at radius 1 is 1.26 bits per heavy atom. The molecule has 19 heavy (non-hydrogen) atoms. The predicted molar refractivity (Wildman–Crippen MR) is 77.3 cm³/mol. The van der Waals surface area contributed by atoms with Gasteiger partial charge in [-0.15, -0.1) is 0 Å². The first kappa shape index (κ1) is 13.6. The Bertz CT molecular complexity index is 647. The summed E-state index contributed by atoms with van der Waals surface area (Å²) in [7, 11) is 0. The van der Waals surface area contributed by atoms with Gasteiger partial charge in [-0.25, -0.2) is 0 Å². The van der Waals surface area contributed by atoms with E-state index in [4.69, 9.17) is 10.00 Å². The molecule has 0 atom stereocenters. The Morgan fingerprint density at radius 3 is 2.63 bits per heavy atom. The Balaban J connectivity index is 2.34. The van der Waals surface area contributed by atoms with E-state index in [-0.39, 0.29) is 0 Å². The van der Waals surface area contributed by atoms with Crippen molar-refractivity contribution < 1.29 is 4.74 Å². The second-order valence-electron chi connectivity index (χ2n) is 4.11. The standard InChI is InChI=1S/C15H13BrN2O/c1-3-13-15(6-4-10(2)18-13)19-14-7-5-11(9-17)8-12(14)16/h4-8H,3H2,1-2H3. The molecule has 0 fully saturated rings. The molecule has 0 bridgehead atoms. The van der Waals surface area contributed by atoms with E-state index in [1.807, 2.05) is 26.0 Å². The quantitative estimate of drug-likeness (QED) is 0.844. The summed E-state index contributed by atoms with van der Waals surface area (Å²) in [5, 5.41) is 8.83. The van der Waals surface area contributed by atoms with Gasteiger partial charge in [-0.2, -0.15) is 5.26 Å². The average molecular weight is 317 g/mol. The maximum atomic E-state index is 8.83. The summed E-state index contributed by atoms with van der Waals surface area (Å²) < 4.78 is 6.63. The monoisotopic (exact) mass is 316 g/mol. The topological polar surface area (TPSA) is 45.9 Å². The summed E-state index contributed by atoms with van der Waals surface area (Å²) in [4.78, 5) is 4.46. The van der Waals surface area contributed by atoms with Crippen molar-refractivity contribution in [1.29, 1.82) is 5.26 Å². The highest BCUT2D eigenvalue weighted by atomic mass is 79.9. The van der Waals surface area contributed by atoms with Gasteiger partial charge in [0, 0.05) is 5.69 Å². The number of aromatic nitrogens is 1. The average Bonchev–Trinajstić information content (AvgIpc) is 2.42. The van der Waals surface area contributed by atoms with E-state index in [1.54, 1.807) is 18.2 Å². The SMILES string of the molecule is CCc1nc(C)ccc1Oc1ccc(C#N)cc1Br. The van der Waals surface area contributed by atoms with Gasteiger partial charge in [-0.05, 0) is 59.6 Å². The third kappa shape index (κ3) is 3.12. The molecule has 4 heteroatoms. The highest BCUT2D eigenvalue weighted by Gasteiger charge is 2.08. The van der Waals surface area contributed by atoms with Gasteiger partial charge in [0.05, 0.1) is 21.8 Å². The van der Waals surface area contributed by atoms with E-state index < -0.39 is 0 Å². The number of pyridine rings is 1. The first-order chi connectivity index (χ1) is 9.13. The van der Waals surface area contributed by atoms with Crippen LogP contribution in [-0.2, 0) is 6.42 Å². The fourth-order valence-corrected chi connectivity index (χ4v) is 2.18. The zero-order valence-corrected chi connectivity index (χ0v) is 12.4. The van der Waals surface area contributed by atoms with E-state index in [1.165, 1.54) is 0 Å². The number of aryl methyl sites for hydroxylation is 2. The van der Waals surface area contributed by atoms with Crippen molar-refractivity contribution in [2.75, 3.05) is 0 Å². The maximum absolute atomic E-state index is 8.83. The molecule has 0 saturated carbocycles. The van der Waals surface area contributed by atoms with Crippen LogP contribution in [0.3, 0.4) is 0 Å². The number of rotatable bonds is 3. The molecular formula is C15H13BrN2O. The minimum absolute atomic E-state index is 0.594. The Morgan fingerprint density at radius 2 is 2.00 bits per heavy atom. The number of ether oxygens (including phenoxy) is 1. The Labute approximate surface area is 121 Å². The van der Waals surface area contributed by atoms with Crippen LogP contribution < -0.4 is 4.74 Å². The van der Waals surface area contributed by atoms with Crippen molar-refractivity contribution >= 4 is 15.9 Å². The maximum Gasteiger partial charge on any atom is 0.148 e. The van der Waals surface area contributed by atoms with Crippen LogP contribution in [-0.4, -0.2) is 4.98 Å². The van der Waals surface area contributed by atoms with Crippen LogP contribution in [0, 0.1) is 18.3 Å². The molecule has 0 aliphatic rings. The van der Waals surface area contributed by atoms with Gasteiger partial charge in [0.2, 0.25) is 0 Å². The first-order valence-corrected chi connectivity index (χ1v) is 6.77. The lowest BCUT2D eigenvalue weighted by Gasteiger charge is -2.11. The van der Waals surface area contributed by atoms with E-state index in [2.05, 4.69) is 27.0 Å². The van der Waals surface area contributed by atoms with Crippen molar-refractivity contribution in [1.82, 2.24) is 4.98 Å². The lowest BCUT2D eigenvalue weighted by Crippen LogP contribution is -1.96. The largest absolute Gasteiger partial charge is 0.454 e. The van der Waals surface area contributed by atoms with Crippen LogP contribution in [0.4, 0.5) is 0 Å². The molecule has 0 aliphatic carbocycles. The molecule has 0 radical (unpaired) electrons. The van der Waals surface area contributed by atoms with Crippen LogP contribution in [0.2, 0.25) is 0 Å². The first-order valence-electron chi connectivity index (χ1n) is 5.98. The zero-order chi connectivity index (χ0) is 13.8.